The van der Waals surface area contributed by atoms with Crippen molar-refractivity contribution < 1.29 is 9.53 Å². The van der Waals surface area contributed by atoms with Gasteiger partial charge in [-0.1, -0.05) is 11.8 Å². The number of nitrogens with one attached hydrogen (secondary N) is 1. The van der Waals surface area contributed by atoms with Crippen molar-refractivity contribution in [2.75, 3.05) is 23.3 Å². The van der Waals surface area contributed by atoms with Crippen LogP contribution in [-0.4, -0.2) is 65.9 Å². The second-order valence-corrected chi connectivity index (χ2v) is 10.6. The molecule has 7 rings (SSSR count). The van der Waals surface area contributed by atoms with Crippen LogP contribution in [0.3, 0.4) is 0 Å². The van der Waals surface area contributed by atoms with E-state index >= 15 is 0 Å². The molecule has 2 aliphatic rings. The van der Waals surface area contributed by atoms with Crippen LogP contribution in [-0.2, 0) is 11.8 Å². The quantitative estimate of drug-likeness (QED) is 0.307. The van der Waals surface area contributed by atoms with Gasteiger partial charge in [-0.05, 0) is 73.9 Å². The summed E-state index contributed by atoms with van der Waals surface area (Å²) in [5.41, 5.74) is 5.00. The predicted molar refractivity (Wildman–Crippen MR) is 156 cm³/mol. The number of aromatic nitrogens is 6. The van der Waals surface area contributed by atoms with Gasteiger partial charge in [0.2, 0.25) is 5.91 Å². The summed E-state index contributed by atoms with van der Waals surface area (Å²) in [5.74, 6) is 2.94. The van der Waals surface area contributed by atoms with Gasteiger partial charge in [-0.2, -0.15) is 0 Å². The molecule has 3 aromatic heterocycles. The van der Waals surface area contributed by atoms with Crippen LogP contribution < -0.4 is 15.0 Å². The first-order valence-electron chi connectivity index (χ1n) is 13.6. The van der Waals surface area contributed by atoms with E-state index in [0.717, 1.165) is 65.3 Å². The first-order valence-corrected chi connectivity index (χ1v) is 13.6. The van der Waals surface area contributed by atoms with Crippen LogP contribution in [0.15, 0.2) is 67.5 Å². The number of ether oxygens (including phenoxy) is 1. The highest BCUT2D eigenvalue weighted by Crippen LogP contribution is 2.34. The number of piperazine rings is 1. The fourth-order valence-corrected chi connectivity index (χ4v) is 5.94. The normalized spacial score (nSPS) is 18.2. The molecule has 2 atom stereocenters. The Balaban J connectivity index is 1.12. The Kier molecular flexibility index (Phi) is 5.99. The van der Waals surface area contributed by atoms with Gasteiger partial charge in [0.15, 0.2) is 5.82 Å². The molecule has 0 spiro atoms. The first kappa shape index (κ1) is 24.9. The van der Waals surface area contributed by atoms with Crippen LogP contribution in [0.5, 0.6) is 11.5 Å². The van der Waals surface area contributed by atoms with Crippen LogP contribution in [0.1, 0.15) is 18.4 Å². The molecule has 0 aliphatic carbocycles. The lowest BCUT2D eigenvalue weighted by atomic mass is 10.1. The largest absolute Gasteiger partial charge is 0.457 e. The number of anilines is 3. The number of fused-ring (bicyclic) bond motifs is 4. The van der Waals surface area contributed by atoms with E-state index in [0.29, 0.717) is 17.1 Å². The maximum atomic E-state index is 12.4. The van der Waals surface area contributed by atoms with Crippen LogP contribution in [0, 0.1) is 6.92 Å². The molecule has 2 fully saturated rings. The standard InChI is InChI=1S/C30H29N9O2/c1-4-28(40)39-20-6-7-21(39)16-38(15-20)27-12-9-23-29(34-27)30(32-17-31-23)33-19-5-11-26(18(2)13-19)41-22-8-10-25-24(14-22)35-36-37(25)3/h4-5,8-14,17,20-21H,1,6-7,15-16H2,2-3H3,(H,31,32,33). The SMILES string of the molecule is C=CC(=O)N1C2CCC1CN(c1ccc3ncnc(Nc4ccc(Oc5ccc6c(c5)nnn6C)c(C)c4)c3n1)C2. The Labute approximate surface area is 236 Å². The summed E-state index contributed by atoms with van der Waals surface area (Å²) in [6, 6.07) is 16.0. The third-order valence-electron chi connectivity index (χ3n) is 7.95. The minimum Gasteiger partial charge on any atom is -0.457 e. The molecule has 5 aromatic rings. The average molecular weight is 548 g/mol. The molecule has 1 N–H and O–H groups in total. The summed E-state index contributed by atoms with van der Waals surface area (Å²) in [5, 5.41) is 11.6. The molecule has 41 heavy (non-hydrogen) atoms. The highest BCUT2D eigenvalue weighted by molar-refractivity contribution is 5.89. The third-order valence-corrected chi connectivity index (χ3v) is 7.95. The summed E-state index contributed by atoms with van der Waals surface area (Å²) in [4.78, 5) is 30.6. The molecule has 2 aromatic carbocycles. The summed E-state index contributed by atoms with van der Waals surface area (Å²) >= 11 is 0. The number of nitrogens with zero attached hydrogens (tertiary/aromatic N) is 8. The highest BCUT2D eigenvalue weighted by Gasteiger charge is 2.42. The van der Waals surface area contributed by atoms with Gasteiger partial charge >= 0.3 is 0 Å². The van der Waals surface area contributed by atoms with Crippen molar-refractivity contribution in [2.45, 2.75) is 31.8 Å². The zero-order chi connectivity index (χ0) is 28.1. The van der Waals surface area contributed by atoms with E-state index in [1.54, 1.807) is 11.0 Å². The van der Waals surface area contributed by atoms with Crippen LogP contribution in [0.4, 0.5) is 17.3 Å². The molecule has 5 heterocycles. The van der Waals surface area contributed by atoms with Crippen LogP contribution >= 0.6 is 0 Å². The van der Waals surface area contributed by atoms with Gasteiger partial charge in [0, 0.05) is 44.0 Å². The monoisotopic (exact) mass is 547 g/mol. The second-order valence-electron chi connectivity index (χ2n) is 10.6. The van der Waals surface area contributed by atoms with Crippen molar-refractivity contribution in [3.05, 3.63) is 73.1 Å². The van der Waals surface area contributed by atoms with Crippen molar-refractivity contribution in [1.82, 2.24) is 34.8 Å². The summed E-state index contributed by atoms with van der Waals surface area (Å²) in [7, 11) is 1.86. The lowest BCUT2D eigenvalue weighted by molar-refractivity contribution is -0.129. The maximum absolute atomic E-state index is 12.4. The number of benzene rings is 2. The zero-order valence-corrected chi connectivity index (χ0v) is 22.9. The number of carbonyl (C=O) groups is 1. The van der Waals surface area contributed by atoms with E-state index in [1.165, 1.54) is 6.08 Å². The molecule has 2 aliphatic heterocycles. The molecule has 11 heteroatoms. The summed E-state index contributed by atoms with van der Waals surface area (Å²) in [6.45, 7) is 7.17. The topological polar surface area (TPSA) is 114 Å². The van der Waals surface area contributed by atoms with Crippen LogP contribution in [0.2, 0.25) is 0 Å². The van der Waals surface area contributed by atoms with Gasteiger partial charge < -0.3 is 19.9 Å². The zero-order valence-electron chi connectivity index (χ0n) is 22.9. The van der Waals surface area contributed by atoms with Crippen molar-refractivity contribution >= 4 is 45.3 Å². The lowest BCUT2D eigenvalue weighted by Gasteiger charge is -2.41. The molecular weight excluding hydrogens is 518 g/mol. The number of aryl methyl sites for hydroxylation is 2. The Morgan fingerprint density at radius 1 is 1.05 bits per heavy atom. The number of hydrogen-bond acceptors (Lipinski definition) is 9. The minimum atomic E-state index is 0.0155. The van der Waals surface area contributed by atoms with Crippen molar-refractivity contribution in [1.29, 1.82) is 0 Å². The smallest absolute Gasteiger partial charge is 0.246 e. The van der Waals surface area contributed by atoms with E-state index in [1.807, 2.05) is 67.4 Å². The summed E-state index contributed by atoms with van der Waals surface area (Å²) < 4.78 is 7.89. The van der Waals surface area contributed by atoms with Gasteiger partial charge in [0.25, 0.3) is 0 Å². The molecule has 206 valence electrons. The highest BCUT2D eigenvalue weighted by atomic mass is 16.5. The molecule has 2 saturated heterocycles. The minimum absolute atomic E-state index is 0.0155. The number of rotatable bonds is 6. The molecule has 0 radical (unpaired) electrons. The van der Waals surface area contributed by atoms with E-state index < -0.39 is 0 Å². The van der Waals surface area contributed by atoms with E-state index in [9.17, 15) is 4.79 Å². The number of amides is 1. The summed E-state index contributed by atoms with van der Waals surface area (Å²) in [6.07, 6.45) is 4.96. The Hall–Kier alpha value is -5.06. The number of hydrogen-bond donors (Lipinski definition) is 1. The van der Waals surface area contributed by atoms with Crippen LogP contribution in [0.25, 0.3) is 22.1 Å². The van der Waals surface area contributed by atoms with Gasteiger partial charge in [0.1, 0.15) is 34.7 Å². The van der Waals surface area contributed by atoms with Crippen molar-refractivity contribution in [2.24, 2.45) is 7.05 Å². The average Bonchev–Trinajstić information content (AvgIpc) is 3.48. The molecule has 2 unspecified atom stereocenters. The van der Waals surface area contributed by atoms with Gasteiger partial charge in [-0.15, -0.1) is 5.10 Å². The Bertz CT molecular complexity index is 1800. The van der Waals surface area contributed by atoms with Crippen molar-refractivity contribution in [3.8, 4) is 11.5 Å². The Morgan fingerprint density at radius 2 is 1.88 bits per heavy atom. The van der Waals surface area contributed by atoms with Gasteiger partial charge in [-0.25, -0.2) is 19.6 Å². The lowest BCUT2D eigenvalue weighted by Crippen LogP contribution is -2.55. The predicted octanol–water partition coefficient (Wildman–Crippen LogP) is 4.52. The molecule has 2 bridgehead atoms. The fraction of sp³-hybridized carbons (Fsp3) is 0.267. The number of pyridine rings is 1. The van der Waals surface area contributed by atoms with E-state index in [4.69, 9.17) is 9.72 Å². The maximum Gasteiger partial charge on any atom is 0.246 e. The molecule has 1 amide bonds. The van der Waals surface area contributed by atoms with E-state index in [2.05, 4.69) is 37.1 Å². The second kappa shape index (κ2) is 9.84. The molecule has 11 nitrogen and oxygen atoms in total. The van der Waals surface area contributed by atoms with Gasteiger partial charge in [-0.3, -0.25) is 4.79 Å². The first-order chi connectivity index (χ1) is 20.0. The molecular formula is C30H29N9O2. The van der Waals surface area contributed by atoms with Crippen molar-refractivity contribution in [3.63, 3.8) is 0 Å². The van der Waals surface area contributed by atoms with Gasteiger partial charge in [0.05, 0.1) is 11.0 Å². The van der Waals surface area contributed by atoms with E-state index in [-0.39, 0.29) is 18.0 Å². The Morgan fingerprint density at radius 3 is 2.66 bits per heavy atom. The fourth-order valence-electron chi connectivity index (χ4n) is 5.94. The number of carbonyl (C=O) groups excluding carboxylic acids is 1. The molecule has 0 saturated carbocycles. The third kappa shape index (κ3) is 4.48.